The maximum atomic E-state index is 13.9. The zero-order chi connectivity index (χ0) is 20.1. The molecule has 1 unspecified atom stereocenters. The standard InChI is InChI=1S/C18H18F3N3O3/c1-12-7-6-10-14(22-12)23-17(16(26)27-2,18(19,20)21)24-15(25)11-13-8-4-3-5-9-13/h3-10H,11H2,1-2H3,(H,22,23)(H,24,25). The van der Waals surface area contributed by atoms with Crippen LogP contribution in [0.3, 0.4) is 0 Å². The van der Waals surface area contributed by atoms with Gasteiger partial charge in [-0.15, -0.1) is 0 Å². The summed E-state index contributed by atoms with van der Waals surface area (Å²) in [5.41, 5.74) is -2.56. The number of carbonyl (C=O) groups excluding carboxylic acids is 2. The number of aromatic nitrogens is 1. The van der Waals surface area contributed by atoms with Gasteiger partial charge in [-0.3, -0.25) is 4.79 Å². The summed E-state index contributed by atoms with van der Waals surface area (Å²) in [4.78, 5) is 28.3. The van der Waals surface area contributed by atoms with E-state index < -0.39 is 23.7 Å². The van der Waals surface area contributed by atoms with Crippen molar-refractivity contribution >= 4 is 17.7 Å². The van der Waals surface area contributed by atoms with Gasteiger partial charge in [-0.25, -0.2) is 9.78 Å². The molecule has 0 aliphatic heterocycles. The molecule has 0 spiro atoms. The van der Waals surface area contributed by atoms with Gasteiger partial charge in [0.2, 0.25) is 5.91 Å². The number of anilines is 1. The molecule has 0 saturated carbocycles. The first-order valence-electron chi connectivity index (χ1n) is 7.90. The third kappa shape index (κ3) is 4.75. The molecule has 1 aromatic heterocycles. The van der Waals surface area contributed by atoms with Crippen molar-refractivity contribution in [3.8, 4) is 0 Å². The molecule has 1 heterocycles. The van der Waals surface area contributed by atoms with Crippen LogP contribution in [0, 0.1) is 6.92 Å². The van der Waals surface area contributed by atoms with E-state index >= 15 is 0 Å². The van der Waals surface area contributed by atoms with Crippen molar-refractivity contribution < 1.29 is 27.5 Å². The Labute approximate surface area is 153 Å². The average molecular weight is 381 g/mol. The highest BCUT2D eigenvalue weighted by atomic mass is 19.4. The second kappa shape index (κ2) is 8.07. The fourth-order valence-corrected chi connectivity index (χ4v) is 2.38. The third-order valence-electron chi connectivity index (χ3n) is 3.66. The van der Waals surface area contributed by atoms with E-state index in [1.807, 2.05) is 5.32 Å². The number of ether oxygens (including phenoxy) is 1. The Balaban J connectivity index is 2.38. The Hall–Kier alpha value is -3.10. The summed E-state index contributed by atoms with van der Waals surface area (Å²) in [6, 6.07) is 12.5. The molecule has 1 aromatic carbocycles. The molecule has 144 valence electrons. The molecule has 1 amide bonds. The second-order valence-corrected chi connectivity index (χ2v) is 5.74. The van der Waals surface area contributed by atoms with Crippen LogP contribution in [-0.2, 0) is 20.7 Å². The van der Waals surface area contributed by atoms with Crippen molar-refractivity contribution in [3.05, 3.63) is 59.8 Å². The first-order valence-corrected chi connectivity index (χ1v) is 7.90. The number of benzene rings is 1. The highest BCUT2D eigenvalue weighted by Crippen LogP contribution is 2.32. The molecule has 0 fully saturated rings. The van der Waals surface area contributed by atoms with Crippen LogP contribution < -0.4 is 10.6 Å². The molecular weight excluding hydrogens is 363 g/mol. The number of pyridine rings is 1. The van der Waals surface area contributed by atoms with Gasteiger partial charge in [0.25, 0.3) is 0 Å². The molecule has 0 radical (unpaired) electrons. The summed E-state index contributed by atoms with van der Waals surface area (Å²) in [6.45, 7) is 1.58. The smallest absolute Gasteiger partial charge is 0.441 e. The summed E-state index contributed by atoms with van der Waals surface area (Å²) in [5, 5.41) is 3.75. The maximum absolute atomic E-state index is 13.9. The topological polar surface area (TPSA) is 80.3 Å². The van der Waals surface area contributed by atoms with Gasteiger partial charge in [-0.1, -0.05) is 36.4 Å². The van der Waals surface area contributed by atoms with Crippen molar-refractivity contribution in [1.82, 2.24) is 10.3 Å². The van der Waals surface area contributed by atoms with E-state index in [4.69, 9.17) is 0 Å². The average Bonchev–Trinajstić information content (AvgIpc) is 2.60. The van der Waals surface area contributed by atoms with Gasteiger partial charge in [0.1, 0.15) is 5.82 Å². The number of hydrogen-bond acceptors (Lipinski definition) is 5. The van der Waals surface area contributed by atoms with Crippen molar-refractivity contribution in [2.75, 3.05) is 12.4 Å². The van der Waals surface area contributed by atoms with E-state index in [0.29, 0.717) is 11.3 Å². The number of carbonyl (C=O) groups is 2. The summed E-state index contributed by atoms with van der Waals surface area (Å²) in [7, 11) is 0.803. The van der Waals surface area contributed by atoms with Gasteiger partial charge in [-0.05, 0) is 24.6 Å². The molecule has 1 atom stereocenters. The normalized spacial score (nSPS) is 13.4. The Bertz CT molecular complexity index is 812. The monoisotopic (exact) mass is 381 g/mol. The fraction of sp³-hybridized carbons (Fsp3) is 0.278. The lowest BCUT2D eigenvalue weighted by Crippen LogP contribution is -2.69. The van der Waals surface area contributed by atoms with Crippen molar-refractivity contribution in [3.63, 3.8) is 0 Å². The fourth-order valence-electron chi connectivity index (χ4n) is 2.38. The molecule has 2 N–H and O–H groups in total. The van der Waals surface area contributed by atoms with Crippen LogP contribution in [0.2, 0.25) is 0 Å². The highest BCUT2D eigenvalue weighted by Gasteiger charge is 2.63. The van der Waals surface area contributed by atoms with Crippen LogP contribution in [0.15, 0.2) is 48.5 Å². The molecule has 2 aromatic rings. The Morgan fingerprint density at radius 3 is 2.30 bits per heavy atom. The van der Waals surface area contributed by atoms with E-state index in [2.05, 4.69) is 9.72 Å². The lowest BCUT2D eigenvalue weighted by Gasteiger charge is -2.34. The molecular formula is C18H18F3N3O3. The Kier molecular flexibility index (Phi) is 6.04. The second-order valence-electron chi connectivity index (χ2n) is 5.74. The van der Waals surface area contributed by atoms with Crippen molar-refractivity contribution in [2.45, 2.75) is 25.2 Å². The minimum atomic E-state index is -5.20. The number of nitrogens with one attached hydrogen (secondary N) is 2. The van der Waals surface area contributed by atoms with Crippen molar-refractivity contribution in [2.24, 2.45) is 0 Å². The predicted molar refractivity (Wildman–Crippen MR) is 91.7 cm³/mol. The SMILES string of the molecule is COC(=O)C(NC(=O)Cc1ccccc1)(Nc1cccc(C)n1)C(F)(F)F. The number of esters is 1. The number of rotatable bonds is 6. The summed E-state index contributed by atoms with van der Waals surface area (Å²) < 4.78 is 46.0. The van der Waals surface area contributed by atoms with Crippen LogP contribution in [0.5, 0.6) is 0 Å². The summed E-state index contributed by atoms with van der Waals surface area (Å²) >= 11 is 0. The molecule has 27 heavy (non-hydrogen) atoms. The predicted octanol–water partition coefficient (Wildman–Crippen LogP) is 2.59. The van der Waals surface area contributed by atoms with Crippen LogP contribution >= 0.6 is 0 Å². The minimum absolute atomic E-state index is 0.238. The van der Waals surface area contributed by atoms with Crippen molar-refractivity contribution in [1.29, 1.82) is 0 Å². The number of methoxy groups -OCH3 is 1. The summed E-state index contributed by atoms with van der Waals surface area (Å²) in [5.74, 6) is -2.96. The van der Waals surface area contributed by atoms with Crippen LogP contribution in [0.25, 0.3) is 0 Å². The number of alkyl halides is 3. The highest BCUT2D eigenvalue weighted by molar-refractivity contribution is 5.91. The molecule has 0 aliphatic rings. The summed E-state index contributed by atoms with van der Waals surface area (Å²) in [6.07, 6.45) is -5.55. The van der Waals surface area contributed by atoms with E-state index in [-0.39, 0.29) is 12.2 Å². The molecule has 9 heteroatoms. The number of hydrogen-bond donors (Lipinski definition) is 2. The number of aryl methyl sites for hydroxylation is 1. The van der Waals surface area contributed by atoms with E-state index in [1.54, 1.807) is 48.6 Å². The lowest BCUT2D eigenvalue weighted by molar-refractivity contribution is -0.206. The number of nitrogens with zero attached hydrogens (tertiary/aromatic N) is 1. The minimum Gasteiger partial charge on any atom is -0.466 e. The molecule has 0 saturated heterocycles. The van der Waals surface area contributed by atoms with Gasteiger partial charge >= 0.3 is 17.8 Å². The lowest BCUT2D eigenvalue weighted by atomic mass is 10.1. The van der Waals surface area contributed by atoms with Gasteiger partial charge in [0.05, 0.1) is 13.5 Å². The Morgan fingerprint density at radius 1 is 1.07 bits per heavy atom. The van der Waals surface area contributed by atoms with E-state index in [9.17, 15) is 22.8 Å². The quantitative estimate of drug-likeness (QED) is 0.594. The van der Waals surface area contributed by atoms with Gasteiger partial charge in [0.15, 0.2) is 0 Å². The number of halogens is 3. The molecule has 6 nitrogen and oxygen atoms in total. The third-order valence-corrected chi connectivity index (χ3v) is 3.66. The largest absolute Gasteiger partial charge is 0.466 e. The van der Waals surface area contributed by atoms with Gasteiger partial charge in [-0.2, -0.15) is 13.2 Å². The van der Waals surface area contributed by atoms with Crippen LogP contribution in [0.4, 0.5) is 19.0 Å². The first kappa shape index (κ1) is 20.2. The van der Waals surface area contributed by atoms with Gasteiger partial charge < -0.3 is 15.4 Å². The zero-order valence-corrected chi connectivity index (χ0v) is 14.6. The van der Waals surface area contributed by atoms with E-state index in [0.717, 1.165) is 7.11 Å². The first-order chi connectivity index (χ1) is 12.7. The molecule has 0 aliphatic carbocycles. The zero-order valence-electron chi connectivity index (χ0n) is 14.6. The maximum Gasteiger partial charge on any atom is 0.441 e. The number of amides is 1. The van der Waals surface area contributed by atoms with Crippen LogP contribution in [-0.4, -0.2) is 35.8 Å². The Morgan fingerprint density at radius 2 is 1.74 bits per heavy atom. The molecule has 2 rings (SSSR count). The van der Waals surface area contributed by atoms with Gasteiger partial charge in [0, 0.05) is 5.69 Å². The van der Waals surface area contributed by atoms with Crippen LogP contribution in [0.1, 0.15) is 11.3 Å². The van der Waals surface area contributed by atoms with E-state index in [1.165, 1.54) is 12.1 Å². The molecule has 0 bridgehead atoms.